The van der Waals surface area contributed by atoms with E-state index in [0.29, 0.717) is 0 Å². The van der Waals surface area contributed by atoms with Gasteiger partial charge in [-0.05, 0) is 101 Å². The van der Waals surface area contributed by atoms with Crippen molar-refractivity contribution in [3.63, 3.8) is 0 Å². The van der Waals surface area contributed by atoms with E-state index in [1.54, 1.807) is 0 Å². The van der Waals surface area contributed by atoms with Gasteiger partial charge in [-0.1, -0.05) is 132 Å². The topological polar surface area (TPSA) is 3.24 Å². The van der Waals surface area contributed by atoms with E-state index in [0.717, 1.165) is 26.0 Å². The number of hydrogen-bond donors (Lipinski definition) is 0. The van der Waals surface area contributed by atoms with Crippen LogP contribution in [0.4, 0.5) is 17.1 Å². The molecule has 0 aromatic heterocycles. The molecule has 3 heteroatoms. The Labute approximate surface area is 262 Å². The molecule has 0 saturated carbocycles. The highest BCUT2D eigenvalue weighted by Crippen LogP contribution is 2.38. The normalized spacial score (nSPS) is 11.0. The van der Waals surface area contributed by atoms with Crippen molar-refractivity contribution in [3.05, 3.63) is 136 Å². The smallest absolute Gasteiger partial charge is 0.0462 e. The molecule has 0 fully saturated rings. The third-order valence-corrected chi connectivity index (χ3v) is 8.67. The van der Waals surface area contributed by atoms with E-state index in [2.05, 4.69) is 165 Å². The van der Waals surface area contributed by atoms with E-state index in [1.807, 2.05) is 0 Å². The van der Waals surface area contributed by atoms with Gasteiger partial charge in [-0.15, -0.1) is 0 Å². The first-order chi connectivity index (χ1) is 20.1. The summed E-state index contributed by atoms with van der Waals surface area (Å²) in [5.41, 5.74) is 9.79. The third-order valence-electron chi connectivity index (χ3n) is 7.62. The van der Waals surface area contributed by atoms with Crippen LogP contribution in [0.2, 0.25) is 0 Å². The van der Waals surface area contributed by atoms with Gasteiger partial charge >= 0.3 is 0 Å². The Bertz CT molecular complexity index is 1460. The average molecular weight is 668 g/mol. The molecular weight excluding hydrogens is 630 g/mol. The molecule has 208 valence electrons. The first kappa shape index (κ1) is 29.4. The SMILES string of the molecule is CCCCCCCCc1ccc(-c2ccccc2-c2ccc(N(c3ccc(Br)cc3)c3ccc(Br)cc3)cc2)cc1. The first-order valence-electron chi connectivity index (χ1n) is 14.7. The molecule has 0 heterocycles. The zero-order valence-corrected chi connectivity index (χ0v) is 26.9. The van der Waals surface area contributed by atoms with Crippen LogP contribution in [0.5, 0.6) is 0 Å². The number of aryl methyl sites for hydroxylation is 1. The zero-order valence-electron chi connectivity index (χ0n) is 23.7. The molecule has 0 atom stereocenters. The standard InChI is InChI=1S/C38H37Br2N/c1-2-3-4-5-6-7-10-29-13-15-30(16-14-29)37-11-8-9-12-38(37)31-17-23-34(24-18-31)41(35-25-19-32(39)20-26-35)36-27-21-33(40)22-28-36/h8-9,11-28H,2-7,10H2,1H3. The lowest BCUT2D eigenvalue weighted by Crippen LogP contribution is -2.09. The highest BCUT2D eigenvalue weighted by Gasteiger charge is 2.14. The van der Waals surface area contributed by atoms with Gasteiger partial charge in [0.2, 0.25) is 0 Å². The van der Waals surface area contributed by atoms with Crippen molar-refractivity contribution in [2.75, 3.05) is 4.90 Å². The number of nitrogens with zero attached hydrogens (tertiary/aromatic N) is 1. The summed E-state index contributed by atoms with van der Waals surface area (Å²) in [5.74, 6) is 0. The second-order valence-electron chi connectivity index (χ2n) is 10.6. The Morgan fingerprint density at radius 1 is 0.463 bits per heavy atom. The second kappa shape index (κ2) is 14.7. The molecule has 0 unspecified atom stereocenters. The van der Waals surface area contributed by atoms with Crippen molar-refractivity contribution in [2.45, 2.75) is 51.9 Å². The minimum Gasteiger partial charge on any atom is -0.311 e. The molecule has 0 aliphatic rings. The van der Waals surface area contributed by atoms with E-state index >= 15 is 0 Å². The van der Waals surface area contributed by atoms with Gasteiger partial charge < -0.3 is 4.90 Å². The van der Waals surface area contributed by atoms with Gasteiger partial charge in [0.15, 0.2) is 0 Å². The number of hydrogen-bond acceptors (Lipinski definition) is 1. The van der Waals surface area contributed by atoms with Crippen LogP contribution in [-0.4, -0.2) is 0 Å². The number of halogens is 2. The molecule has 5 aromatic rings. The largest absolute Gasteiger partial charge is 0.311 e. The predicted molar refractivity (Wildman–Crippen MR) is 184 cm³/mol. The lowest BCUT2D eigenvalue weighted by Gasteiger charge is -2.26. The van der Waals surface area contributed by atoms with E-state index in [9.17, 15) is 0 Å². The van der Waals surface area contributed by atoms with Gasteiger partial charge in [0.05, 0.1) is 0 Å². The Morgan fingerprint density at radius 3 is 1.37 bits per heavy atom. The molecule has 1 nitrogen and oxygen atoms in total. The van der Waals surface area contributed by atoms with Crippen LogP contribution in [0.15, 0.2) is 130 Å². The average Bonchev–Trinajstić information content (AvgIpc) is 3.02. The highest BCUT2D eigenvalue weighted by molar-refractivity contribution is 9.10. The summed E-state index contributed by atoms with van der Waals surface area (Å²) in [7, 11) is 0. The van der Waals surface area contributed by atoms with Crippen molar-refractivity contribution in [2.24, 2.45) is 0 Å². The maximum atomic E-state index is 3.58. The van der Waals surface area contributed by atoms with Crippen molar-refractivity contribution in [1.82, 2.24) is 0 Å². The first-order valence-corrected chi connectivity index (χ1v) is 16.3. The van der Waals surface area contributed by atoms with Crippen molar-refractivity contribution >= 4 is 48.9 Å². The van der Waals surface area contributed by atoms with Crippen LogP contribution in [0.25, 0.3) is 22.3 Å². The Balaban J connectivity index is 1.37. The Hall–Kier alpha value is -3.14. The Kier molecular flexibility index (Phi) is 10.5. The van der Waals surface area contributed by atoms with Crippen LogP contribution in [0.1, 0.15) is 51.0 Å². The number of anilines is 3. The molecule has 0 saturated heterocycles. The molecule has 0 bridgehead atoms. The van der Waals surface area contributed by atoms with Crippen LogP contribution in [-0.2, 0) is 6.42 Å². The number of rotatable bonds is 12. The monoisotopic (exact) mass is 665 g/mol. The quantitative estimate of drug-likeness (QED) is 0.120. The fourth-order valence-corrected chi connectivity index (χ4v) is 5.89. The van der Waals surface area contributed by atoms with Crippen LogP contribution >= 0.6 is 31.9 Å². The van der Waals surface area contributed by atoms with Crippen molar-refractivity contribution in [1.29, 1.82) is 0 Å². The molecular formula is C38H37Br2N. The number of unbranched alkanes of at least 4 members (excludes halogenated alkanes) is 5. The van der Waals surface area contributed by atoms with E-state index in [-0.39, 0.29) is 0 Å². The highest BCUT2D eigenvalue weighted by atomic mass is 79.9. The summed E-state index contributed by atoms with van der Waals surface area (Å²) < 4.78 is 2.14. The molecule has 0 amide bonds. The molecule has 0 N–H and O–H groups in total. The Morgan fingerprint density at radius 2 is 0.878 bits per heavy atom. The van der Waals surface area contributed by atoms with Gasteiger partial charge in [-0.25, -0.2) is 0 Å². The van der Waals surface area contributed by atoms with Crippen LogP contribution in [0, 0.1) is 0 Å². The lowest BCUT2D eigenvalue weighted by atomic mass is 9.93. The van der Waals surface area contributed by atoms with Crippen LogP contribution < -0.4 is 4.90 Å². The van der Waals surface area contributed by atoms with Gasteiger partial charge in [0.1, 0.15) is 0 Å². The molecule has 0 aliphatic heterocycles. The third kappa shape index (κ3) is 7.78. The minimum absolute atomic E-state index is 1.07. The van der Waals surface area contributed by atoms with E-state index < -0.39 is 0 Å². The fraction of sp³-hybridized carbons (Fsp3) is 0.211. The molecule has 0 spiro atoms. The molecule has 5 rings (SSSR count). The fourth-order valence-electron chi connectivity index (χ4n) is 5.36. The minimum atomic E-state index is 1.07. The predicted octanol–water partition coefficient (Wildman–Crippen LogP) is 12.9. The molecule has 0 aliphatic carbocycles. The lowest BCUT2D eigenvalue weighted by molar-refractivity contribution is 0.607. The second-order valence-corrected chi connectivity index (χ2v) is 12.4. The maximum absolute atomic E-state index is 3.58. The van der Waals surface area contributed by atoms with Gasteiger partial charge in [0, 0.05) is 26.0 Å². The summed E-state index contributed by atoms with van der Waals surface area (Å²) in [6.07, 6.45) is 9.20. The maximum Gasteiger partial charge on any atom is 0.0462 e. The number of benzene rings is 5. The van der Waals surface area contributed by atoms with E-state index in [1.165, 1.54) is 72.8 Å². The summed E-state index contributed by atoms with van der Waals surface area (Å²) in [6.45, 7) is 2.28. The van der Waals surface area contributed by atoms with Gasteiger partial charge in [0.25, 0.3) is 0 Å². The van der Waals surface area contributed by atoms with E-state index in [4.69, 9.17) is 0 Å². The van der Waals surface area contributed by atoms with Gasteiger partial charge in [-0.3, -0.25) is 0 Å². The molecule has 5 aromatic carbocycles. The molecule has 0 radical (unpaired) electrons. The van der Waals surface area contributed by atoms with Crippen molar-refractivity contribution < 1.29 is 0 Å². The summed E-state index contributed by atoms with van der Waals surface area (Å²) in [5, 5.41) is 0. The summed E-state index contributed by atoms with van der Waals surface area (Å²) in [6, 6.07) is 43.8. The van der Waals surface area contributed by atoms with Gasteiger partial charge in [-0.2, -0.15) is 0 Å². The molecule has 41 heavy (non-hydrogen) atoms. The van der Waals surface area contributed by atoms with Crippen LogP contribution in [0.3, 0.4) is 0 Å². The summed E-state index contributed by atoms with van der Waals surface area (Å²) in [4.78, 5) is 2.29. The van der Waals surface area contributed by atoms with Crippen molar-refractivity contribution in [3.8, 4) is 22.3 Å². The summed E-state index contributed by atoms with van der Waals surface area (Å²) >= 11 is 7.16. The zero-order chi connectivity index (χ0) is 28.4.